The van der Waals surface area contributed by atoms with Crippen LogP contribution < -0.4 is 10.0 Å². The molecule has 0 aromatic heterocycles. The molecule has 0 bridgehead atoms. The summed E-state index contributed by atoms with van der Waals surface area (Å²) in [5.41, 5.74) is -0.779. The van der Waals surface area contributed by atoms with Crippen LogP contribution >= 0.6 is 0 Å². The van der Waals surface area contributed by atoms with Gasteiger partial charge in [-0.1, -0.05) is 0 Å². The average molecular weight is 247 g/mol. The Morgan fingerprint density at radius 1 is 1.50 bits per heavy atom. The van der Waals surface area contributed by atoms with E-state index in [1.165, 1.54) is 6.92 Å². The normalized spacial score (nSPS) is 13.9. The Hall–Kier alpha value is -1.13. The van der Waals surface area contributed by atoms with Gasteiger partial charge < -0.3 is 5.32 Å². The first kappa shape index (κ1) is 14.9. The van der Waals surface area contributed by atoms with Crippen LogP contribution in [0.1, 0.15) is 20.8 Å². The predicted octanol–water partition coefficient (Wildman–Crippen LogP) is -0.410. The molecule has 0 spiro atoms. The Labute approximate surface area is 96.1 Å². The topological polar surface area (TPSA) is 99.1 Å². The van der Waals surface area contributed by atoms with Crippen LogP contribution in [0, 0.1) is 17.2 Å². The van der Waals surface area contributed by atoms with Crippen LogP contribution in [-0.4, -0.2) is 32.7 Å². The Kier molecular flexibility index (Phi) is 4.90. The van der Waals surface area contributed by atoms with Gasteiger partial charge in [-0.2, -0.15) is 5.26 Å². The maximum Gasteiger partial charge on any atom is 0.237 e. The molecule has 1 atom stereocenters. The van der Waals surface area contributed by atoms with Gasteiger partial charge in [-0.25, -0.2) is 13.1 Å². The van der Waals surface area contributed by atoms with Crippen molar-refractivity contribution >= 4 is 15.9 Å². The molecule has 0 fully saturated rings. The number of nitriles is 1. The highest BCUT2D eigenvalue weighted by Crippen LogP contribution is 2.02. The van der Waals surface area contributed by atoms with Gasteiger partial charge in [-0.3, -0.25) is 4.79 Å². The lowest BCUT2D eigenvalue weighted by Gasteiger charge is -2.25. The van der Waals surface area contributed by atoms with Gasteiger partial charge in [0.15, 0.2) is 0 Å². The molecule has 0 aliphatic carbocycles. The zero-order valence-electron chi connectivity index (χ0n) is 9.86. The van der Waals surface area contributed by atoms with Crippen molar-refractivity contribution in [2.45, 2.75) is 26.3 Å². The van der Waals surface area contributed by atoms with Crippen molar-refractivity contribution in [3.05, 3.63) is 0 Å². The van der Waals surface area contributed by atoms with Gasteiger partial charge >= 0.3 is 0 Å². The third-order valence-corrected chi connectivity index (χ3v) is 2.68. The summed E-state index contributed by atoms with van der Waals surface area (Å²) in [5.74, 6) is -1.15. The van der Waals surface area contributed by atoms with Gasteiger partial charge in [-0.15, -0.1) is 0 Å². The predicted molar refractivity (Wildman–Crippen MR) is 59.8 cm³/mol. The molecule has 0 aliphatic heterocycles. The number of carbonyl (C=O) groups is 1. The van der Waals surface area contributed by atoms with Gasteiger partial charge in [0.2, 0.25) is 15.9 Å². The van der Waals surface area contributed by atoms with Crippen LogP contribution in [0.2, 0.25) is 0 Å². The summed E-state index contributed by atoms with van der Waals surface area (Å²) >= 11 is 0. The highest BCUT2D eigenvalue weighted by atomic mass is 32.2. The third-order valence-electron chi connectivity index (χ3n) is 1.75. The summed E-state index contributed by atoms with van der Waals surface area (Å²) in [4.78, 5) is 11.3. The summed E-state index contributed by atoms with van der Waals surface area (Å²) in [6.07, 6.45) is 1.05. The monoisotopic (exact) mass is 247 g/mol. The van der Waals surface area contributed by atoms with E-state index in [9.17, 15) is 13.2 Å². The van der Waals surface area contributed by atoms with Crippen molar-refractivity contribution in [1.82, 2.24) is 10.0 Å². The van der Waals surface area contributed by atoms with Crippen molar-refractivity contribution < 1.29 is 13.2 Å². The molecule has 6 nitrogen and oxygen atoms in total. The number of amides is 1. The lowest BCUT2D eigenvalue weighted by molar-refractivity contribution is -0.123. The molecule has 0 saturated heterocycles. The van der Waals surface area contributed by atoms with Crippen molar-refractivity contribution in [1.29, 1.82) is 5.26 Å². The van der Waals surface area contributed by atoms with Crippen molar-refractivity contribution in [2.75, 3.05) is 12.8 Å². The molecular formula is C9H17N3O3S. The highest BCUT2D eigenvalue weighted by Gasteiger charge is 2.23. The van der Waals surface area contributed by atoms with Gasteiger partial charge in [0.05, 0.1) is 12.3 Å². The van der Waals surface area contributed by atoms with Crippen LogP contribution in [0.15, 0.2) is 0 Å². The van der Waals surface area contributed by atoms with E-state index in [0.29, 0.717) is 0 Å². The van der Waals surface area contributed by atoms with E-state index in [-0.39, 0.29) is 6.54 Å². The van der Waals surface area contributed by atoms with Crippen LogP contribution in [-0.2, 0) is 14.8 Å². The summed E-state index contributed by atoms with van der Waals surface area (Å²) in [7, 11) is -3.32. The molecule has 92 valence electrons. The fourth-order valence-electron chi connectivity index (χ4n) is 1.06. The van der Waals surface area contributed by atoms with Gasteiger partial charge in [0, 0.05) is 12.1 Å². The van der Waals surface area contributed by atoms with Gasteiger partial charge in [-0.05, 0) is 20.8 Å². The third kappa shape index (κ3) is 6.37. The first-order valence-electron chi connectivity index (χ1n) is 4.74. The average Bonchev–Trinajstić information content (AvgIpc) is 2.09. The highest BCUT2D eigenvalue weighted by molar-refractivity contribution is 7.88. The zero-order chi connectivity index (χ0) is 13.0. The summed E-state index contributed by atoms with van der Waals surface area (Å²) < 4.78 is 24.4. The van der Waals surface area contributed by atoms with E-state index in [0.717, 1.165) is 6.26 Å². The smallest absolute Gasteiger partial charge is 0.237 e. The van der Waals surface area contributed by atoms with E-state index in [1.54, 1.807) is 19.9 Å². The number of rotatable bonds is 5. The van der Waals surface area contributed by atoms with Crippen molar-refractivity contribution in [3.63, 3.8) is 0 Å². The van der Waals surface area contributed by atoms with Crippen molar-refractivity contribution in [3.8, 4) is 6.07 Å². The minimum atomic E-state index is -3.32. The Bertz CT molecular complexity index is 395. The van der Waals surface area contributed by atoms with Crippen molar-refractivity contribution in [2.24, 2.45) is 5.92 Å². The molecule has 0 rings (SSSR count). The standard InChI is InChI=1S/C9H17N3O3S/c1-7(5-10)8(13)11-6-9(2,3)12-16(4,14)15/h7,12H,6H2,1-4H3,(H,11,13). The molecule has 0 saturated carbocycles. The fourth-order valence-corrected chi connectivity index (χ4v) is 2.13. The second kappa shape index (κ2) is 5.27. The van der Waals surface area contributed by atoms with E-state index in [2.05, 4.69) is 10.0 Å². The largest absolute Gasteiger partial charge is 0.353 e. The van der Waals surface area contributed by atoms with E-state index >= 15 is 0 Å². The molecule has 16 heavy (non-hydrogen) atoms. The molecule has 2 N–H and O–H groups in total. The second-order valence-electron chi connectivity index (χ2n) is 4.33. The molecule has 0 aromatic carbocycles. The Morgan fingerprint density at radius 2 is 2.00 bits per heavy atom. The summed E-state index contributed by atoms with van der Waals surface area (Å²) in [6, 6.07) is 1.80. The number of nitrogens with one attached hydrogen (secondary N) is 2. The van der Waals surface area contributed by atoms with Crippen LogP contribution in [0.4, 0.5) is 0 Å². The Balaban J connectivity index is 4.31. The minimum Gasteiger partial charge on any atom is -0.353 e. The number of hydrogen-bond donors (Lipinski definition) is 2. The van der Waals surface area contributed by atoms with E-state index in [1.807, 2.05) is 0 Å². The molecule has 0 aliphatic rings. The lowest BCUT2D eigenvalue weighted by Crippen LogP contribution is -2.51. The van der Waals surface area contributed by atoms with Crippen LogP contribution in [0.25, 0.3) is 0 Å². The van der Waals surface area contributed by atoms with E-state index in [4.69, 9.17) is 5.26 Å². The van der Waals surface area contributed by atoms with Gasteiger partial charge in [0.25, 0.3) is 0 Å². The quantitative estimate of drug-likeness (QED) is 0.690. The minimum absolute atomic E-state index is 0.130. The number of sulfonamides is 1. The summed E-state index contributed by atoms with van der Waals surface area (Å²) in [5, 5.41) is 11.0. The summed E-state index contributed by atoms with van der Waals surface area (Å²) in [6.45, 7) is 4.90. The number of carbonyl (C=O) groups excluding carboxylic acids is 1. The molecule has 1 unspecified atom stereocenters. The first-order valence-corrected chi connectivity index (χ1v) is 6.63. The first-order chi connectivity index (χ1) is 7.07. The van der Waals surface area contributed by atoms with Gasteiger partial charge in [0.1, 0.15) is 5.92 Å². The molecule has 0 radical (unpaired) electrons. The van der Waals surface area contributed by atoms with E-state index < -0.39 is 27.4 Å². The maximum absolute atomic E-state index is 11.3. The molecule has 0 heterocycles. The molecule has 1 amide bonds. The SMILES string of the molecule is CC(C#N)C(=O)NCC(C)(C)NS(C)(=O)=O. The van der Waals surface area contributed by atoms with Crippen LogP contribution in [0.5, 0.6) is 0 Å². The Morgan fingerprint density at radius 3 is 2.38 bits per heavy atom. The zero-order valence-corrected chi connectivity index (χ0v) is 10.7. The fraction of sp³-hybridized carbons (Fsp3) is 0.778. The number of hydrogen-bond acceptors (Lipinski definition) is 4. The molecule has 0 aromatic rings. The van der Waals surface area contributed by atoms with Crippen LogP contribution in [0.3, 0.4) is 0 Å². The number of nitrogens with zero attached hydrogens (tertiary/aromatic N) is 1. The lowest BCUT2D eigenvalue weighted by atomic mass is 10.1. The second-order valence-corrected chi connectivity index (χ2v) is 6.08. The molecular weight excluding hydrogens is 230 g/mol. The maximum atomic E-state index is 11.3. The molecule has 7 heteroatoms.